The summed E-state index contributed by atoms with van der Waals surface area (Å²) in [7, 11) is 3.84. The standard InChI is InChI=1S/C14H22N2O.C11H12N2/c1-15-13-5-7-14(8-6-13)17-12-11-16-9-3-2-4-10-16;1-12-10-4-6-11(7-5-10)13-8-2-3-9-13/h5-8,15H,2-4,9-12H2,1H3;2-9,12H,1H3. The van der Waals surface area contributed by atoms with Crippen molar-refractivity contribution in [1.82, 2.24) is 9.47 Å². The van der Waals surface area contributed by atoms with Crippen molar-refractivity contribution in [1.29, 1.82) is 0 Å². The number of likely N-dealkylation sites (tertiary alicyclic amines) is 1. The molecule has 3 aromatic rings. The molecule has 0 aliphatic carbocycles. The van der Waals surface area contributed by atoms with Crippen molar-refractivity contribution in [3.8, 4) is 11.4 Å². The van der Waals surface area contributed by atoms with Crippen LogP contribution in [0.4, 0.5) is 11.4 Å². The van der Waals surface area contributed by atoms with E-state index >= 15 is 0 Å². The second-order valence-corrected chi connectivity index (χ2v) is 7.41. The molecule has 0 amide bonds. The van der Waals surface area contributed by atoms with Gasteiger partial charge < -0.3 is 19.9 Å². The Balaban J connectivity index is 0.000000177. The first-order valence-electron chi connectivity index (χ1n) is 10.8. The average molecular weight is 407 g/mol. The summed E-state index contributed by atoms with van der Waals surface area (Å²) in [6, 6.07) is 20.5. The molecule has 0 atom stereocenters. The number of hydrogen-bond donors (Lipinski definition) is 2. The minimum atomic E-state index is 0.791. The van der Waals surface area contributed by atoms with Crippen LogP contribution >= 0.6 is 0 Å². The minimum absolute atomic E-state index is 0.791. The van der Waals surface area contributed by atoms with Crippen LogP contribution in [0.1, 0.15) is 19.3 Å². The maximum Gasteiger partial charge on any atom is 0.119 e. The molecule has 30 heavy (non-hydrogen) atoms. The van der Waals surface area contributed by atoms with E-state index in [2.05, 4.69) is 44.4 Å². The molecule has 5 heteroatoms. The van der Waals surface area contributed by atoms with E-state index in [1.807, 2.05) is 62.9 Å². The van der Waals surface area contributed by atoms with Crippen molar-refractivity contribution < 1.29 is 4.74 Å². The van der Waals surface area contributed by atoms with Gasteiger partial charge in [-0.2, -0.15) is 0 Å². The van der Waals surface area contributed by atoms with Crippen molar-refractivity contribution in [3.05, 3.63) is 73.1 Å². The van der Waals surface area contributed by atoms with Gasteiger partial charge in [0.25, 0.3) is 0 Å². The summed E-state index contributed by atoms with van der Waals surface area (Å²) >= 11 is 0. The Morgan fingerprint density at radius 3 is 1.90 bits per heavy atom. The van der Waals surface area contributed by atoms with E-state index < -0.39 is 0 Å². The molecule has 2 heterocycles. The van der Waals surface area contributed by atoms with E-state index in [0.717, 1.165) is 30.3 Å². The van der Waals surface area contributed by atoms with Crippen molar-refractivity contribution in [3.63, 3.8) is 0 Å². The van der Waals surface area contributed by atoms with E-state index in [1.165, 1.54) is 38.0 Å². The number of anilines is 2. The van der Waals surface area contributed by atoms with Crippen molar-refractivity contribution in [2.24, 2.45) is 0 Å². The smallest absolute Gasteiger partial charge is 0.119 e. The third-order valence-electron chi connectivity index (χ3n) is 5.33. The number of piperidine rings is 1. The third kappa shape index (κ3) is 6.85. The van der Waals surface area contributed by atoms with E-state index in [9.17, 15) is 0 Å². The quantitative estimate of drug-likeness (QED) is 0.572. The highest BCUT2D eigenvalue weighted by atomic mass is 16.5. The zero-order valence-corrected chi connectivity index (χ0v) is 18.2. The van der Waals surface area contributed by atoms with Crippen LogP contribution in [0.5, 0.6) is 5.75 Å². The third-order valence-corrected chi connectivity index (χ3v) is 5.33. The number of nitrogens with zero attached hydrogens (tertiary/aromatic N) is 2. The minimum Gasteiger partial charge on any atom is -0.492 e. The summed E-state index contributed by atoms with van der Waals surface area (Å²) in [5.74, 6) is 0.959. The number of rotatable bonds is 7. The van der Waals surface area contributed by atoms with Gasteiger partial charge in [-0.05, 0) is 86.6 Å². The van der Waals surface area contributed by atoms with E-state index in [1.54, 1.807) is 0 Å². The van der Waals surface area contributed by atoms with Crippen molar-refractivity contribution in [2.45, 2.75) is 19.3 Å². The maximum atomic E-state index is 5.74. The molecule has 1 aromatic heterocycles. The van der Waals surface area contributed by atoms with Crippen LogP contribution in [0.25, 0.3) is 5.69 Å². The number of benzene rings is 2. The van der Waals surface area contributed by atoms with E-state index in [-0.39, 0.29) is 0 Å². The Kier molecular flexibility index (Phi) is 8.66. The van der Waals surface area contributed by atoms with Crippen LogP contribution in [0.2, 0.25) is 0 Å². The van der Waals surface area contributed by atoms with Crippen LogP contribution in [0, 0.1) is 0 Å². The van der Waals surface area contributed by atoms with Crippen LogP contribution in [-0.2, 0) is 0 Å². The Bertz CT molecular complexity index is 823. The van der Waals surface area contributed by atoms with Crippen LogP contribution in [0.3, 0.4) is 0 Å². The highest BCUT2D eigenvalue weighted by Gasteiger charge is 2.09. The topological polar surface area (TPSA) is 41.5 Å². The number of nitrogens with one attached hydrogen (secondary N) is 2. The Morgan fingerprint density at radius 1 is 0.767 bits per heavy atom. The number of ether oxygens (including phenoxy) is 1. The molecule has 0 unspecified atom stereocenters. The number of hydrogen-bond acceptors (Lipinski definition) is 4. The van der Waals surface area contributed by atoms with Gasteiger partial charge in [0.2, 0.25) is 0 Å². The number of aromatic nitrogens is 1. The SMILES string of the molecule is CNc1ccc(-n2cccc2)cc1.CNc1ccc(OCCN2CCCCC2)cc1. The fraction of sp³-hybridized carbons (Fsp3) is 0.360. The molecule has 160 valence electrons. The Hall–Kier alpha value is -2.92. The molecule has 4 rings (SSSR count). The highest BCUT2D eigenvalue weighted by molar-refractivity contribution is 5.48. The zero-order chi connectivity index (χ0) is 21.0. The van der Waals surface area contributed by atoms with Gasteiger partial charge in [0.05, 0.1) is 0 Å². The summed E-state index contributed by atoms with van der Waals surface area (Å²) in [6.07, 6.45) is 8.15. The Morgan fingerprint density at radius 2 is 1.33 bits per heavy atom. The van der Waals surface area contributed by atoms with Crippen LogP contribution < -0.4 is 15.4 Å². The largest absolute Gasteiger partial charge is 0.492 e. The normalized spacial score (nSPS) is 13.8. The van der Waals surface area contributed by atoms with Gasteiger partial charge >= 0.3 is 0 Å². The highest BCUT2D eigenvalue weighted by Crippen LogP contribution is 2.15. The van der Waals surface area contributed by atoms with Gasteiger partial charge in [-0.1, -0.05) is 6.42 Å². The summed E-state index contributed by atoms with van der Waals surface area (Å²) in [5.41, 5.74) is 3.44. The van der Waals surface area contributed by atoms with Crippen LogP contribution in [-0.4, -0.2) is 49.8 Å². The molecule has 1 saturated heterocycles. The average Bonchev–Trinajstić information content (AvgIpc) is 3.36. The van der Waals surface area contributed by atoms with Gasteiger partial charge in [0.15, 0.2) is 0 Å². The van der Waals surface area contributed by atoms with Gasteiger partial charge in [-0.15, -0.1) is 0 Å². The van der Waals surface area contributed by atoms with Crippen molar-refractivity contribution >= 4 is 11.4 Å². The predicted molar refractivity (Wildman–Crippen MR) is 127 cm³/mol. The second-order valence-electron chi connectivity index (χ2n) is 7.41. The summed E-state index contributed by atoms with van der Waals surface area (Å²) in [5, 5.41) is 6.19. The van der Waals surface area contributed by atoms with Gasteiger partial charge in [-0.25, -0.2) is 0 Å². The lowest BCUT2D eigenvalue weighted by atomic mass is 10.1. The molecule has 1 fully saturated rings. The lowest BCUT2D eigenvalue weighted by molar-refractivity contribution is 0.183. The fourth-order valence-corrected chi connectivity index (χ4v) is 3.50. The van der Waals surface area contributed by atoms with Crippen LogP contribution in [0.15, 0.2) is 73.1 Å². The second kappa shape index (κ2) is 11.9. The lowest BCUT2D eigenvalue weighted by Crippen LogP contribution is -2.33. The molecule has 1 aliphatic rings. The zero-order valence-electron chi connectivity index (χ0n) is 18.2. The van der Waals surface area contributed by atoms with E-state index in [0.29, 0.717) is 0 Å². The molecule has 5 nitrogen and oxygen atoms in total. The maximum absolute atomic E-state index is 5.74. The monoisotopic (exact) mass is 406 g/mol. The first-order chi connectivity index (χ1) is 14.8. The van der Waals surface area contributed by atoms with E-state index in [4.69, 9.17) is 4.74 Å². The Labute approximate surface area is 180 Å². The summed E-state index contributed by atoms with van der Waals surface area (Å²) in [4.78, 5) is 2.49. The first kappa shape index (κ1) is 21.8. The molecule has 0 spiro atoms. The summed E-state index contributed by atoms with van der Waals surface area (Å²) in [6.45, 7) is 4.32. The predicted octanol–water partition coefficient (Wildman–Crippen LogP) is 5.11. The lowest BCUT2D eigenvalue weighted by Gasteiger charge is -2.26. The molecule has 2 aromatic carbocycles. The molecule has 0 radical (unpaired) electrons. The molecule has 2 N–H and O–H groups in total. The molecular formula is C25H34N4O. The van der Waals surface area contributed by atoms with Gasteiger partial charge in [0.1, 0.15) is 12.4 Å². The molecule has 1 aliphatic heterocycles. The molecule has 0 bridgehead atoms. The summed E-state index contributed by atoms with van der Waals surface area (Å²) < 4.78 is 7.82. The molecular weight excluding hydrogens is 372 g/mol. The van der Waals surface area contributed by atoms with Crippen molar-refractivity contribution in [2.75, 3.05) is 51.0 Å². The molecule has 0 saturated carbocycles. The fourth-order valence-electron chi connectivity index (χ4n) is 3.50. The first-order valence-corrected chi connectivity index (χ1v) is 10.8. The van der Waals surface area contributed by atoms with Gasteiger partial charge in [0, 0.05) is 50.1 Å². The van der Waals surface area contributed by atoms with Gasteiger partial charge in [-0.3, -0.25) is 4.90 Å².